The zero-order valence-electron chi connectivity index (χ0n) is 18.7. The first-order valence-corrected chi connectivity index (χ1v) is 11.2. The van der Waals surface area contributed by atoms with Gasteiger partial charge in [0.15, 0.2) is 0 Å². The van der Waals surface area contributed by atoms with Crippen molar-refractivity contribution in [2.24, 2.45) is 0 Å². The topological polar surface area (TPSA) is 108 Å². The lowest BCUT2D eigenvalue weighted by molar-refractivity contribution is -0.139. The summed E-state index contributed by atoms with van der Waals surface area (Å²) >= 11 is 0. The van der Waals surface area contributed by atoms with E-state index in [2.05, 4.69) is 9.55 Å². The molecule has 2 atom stereocenters. The van der Waals surface area contributed by atoms with Gasteiger partial charge in [0.1, 0.15) is 5.82 Å². The van der Waals surface area contributed by atoms with Gasteiger partial charge in [-0.3, -0.25) is 9.78 Å². The average molecular weight is 458 g/mol. The van der Waals surface area contributed by atoms with Crippen molar-refractivity contribution < 1.29 is 20.1 Å². The Morgan fingerprint density at radius 1 is 0.824 bits per heavy atom. The minimum absolute atomic E-state index is 0.000447. The highest BCUT2D eigenvalue weighted by Crippen LogP contribution is 2.36. The molecule has 2 aromatic heterocycles. The van der Waals surface area contributed by atoms with Crippen molar-refractivity contribution in [2.75, 3.05) is 0 Å². The van der Waals surface area contributed by atoms with Crippen LogP contribution in [0.25, 0.3) is 33.9 Å². The van der Waals surface area contributed by atoms with E-state index in [-0.39, 0.29) is 6.42 Å². The lowest BCUT2D eigenvalue weighted by Crippen LogP contribution is -2.22. The molecule has 0 fully saturated rings. The molecule has 3 N–H and O–H groups in total. The molecule has 0 spiro atoms. The fourth-order valence-corrected chi connectivity index (χ4v) is 4.07. The van der Waals surface area contributed by atoms with Crippen LogP contribution in [0, 0.1) is 0 Å². The van der Waals surface area contributed by atoms with Gasteiger partial charge >= 0.3 is 5.97 Å². The minimum atomic E-state index is -1.09. The van der Waals surface area contributed by atoms with Crippen LogP contribution in [0.15, 0.2) is 85.2 Å². The maximum atomic E-state index is 10.9. The second kappa shape index (κ2) is 10.9. The Morgan fingerprint density at radius 3 is 2.06 bits per heavy atom. The fourth-order valence-electron chi connectivity index (χ4n) is 4.07. The van der Waals surface area contributed by atoms with Crippen molar-refractivity contribution in [3.8, 4) is 33.9 Å². The highest BCUT2D eigenvalue weighted by atomic mass is 16.4. The number of hydrogen-bond donors (Lipinski definition) is 3. The molecule has 2 heterocycles. The van der Waals surface area contributed by atoms with Crippen molar-refractivity contribution >= 4 is 5.97 Å². The number of benzene rings is 2. The van der Waals surface area contributed by atoms with Gasteiger partial charge in [-0.1, -0.05) is 60.7 Å². The van der Waals surface area contributed by atoms with Gasteiger partial charge in [-0.25, -0.2) is 4.98 Å². The molecule has 34 heavy (non-hydrogen) atoms. The Hall–Kier alpha value is -3.81. The molecule has 4 rings (SSSR count). The highest BCUT2D eigenvalue weighted by Gasteiger charge is 2.22. The average Bonchev–Trinajstić information content (AvgIpc) is 3.23. The van der Waals surface area contributed by atoms with Gasteiger partial charge < -0.3 is 19.9 Å². The number of carbonyl (C=O) groups is 1. The molecule has 7 nitrogen and oxygen atoms in total. The summed E-state index contributed by atoms with van der Waals surface area (Å²) in [5.74, 6) is -0.321. The first-order valence-electron chi connectivity index (χ1n) is 11.2. The number of nitrogens with zero attached hydrogens (tertiary/aromatic N) is 3. The Morgan fingerprint density at radius 2 is 1.44 bits per heavy atom. The Bertz CT molecular complexity index is 1210. The summed E-state index contributed by atoms with van der Waals surface area (Å²) in [6.07, 6.45) is 1.47. The van der Waals surface area contributed by atoms with E-state index in [9.17, 15) is 15.0 Å². The number of hydrogen-bond acceptors (Lipinski definition) is 5. The third-order valence-electron chi connectivity index (χ3n) is 5.64. The molecule has 0 amide bonds. The molecule has 174 valence electrons. The standard InChI is InChI=1S/C27H27N3O4/c31-22(17-23(32)18-24(33)34)13-16-30-26(20-7-3-1-4-8-20)25(19-11-14-28-15-12-19)29-27(30)21-9-5-2-6-10-21/h1-12,14-15,22-23,31-32H,13,16-18H2,(H,33,34). The molecule has 0 aliphatic rings. The molecule has 4 aromatic rings. The van der Waals surface area contributed by atoms with Crippen LogP contribution in [0.5, 0.6) is 0 Å². The monoisotopic (exact) mass is 457 g/mol. The second-order valence-electron chi connectivity index (χ2n) is 8.18. The summed E-state index contributed by atoms with van der Waals surface area (Å²) < 4.78 is 2.09. The number of pyridine rings is 1. The van der Waals surface area contributed by atoms with Crippen molar-refractivity contribution in [1.29, 1.82) is 0 Å². The zero-order valence-corrected chi connectivity index (χ0v) is 18.7. The third kappa shape index (κ3) is 5.57. The molecule has 0 saturated carbocycles. The molecule has 0 aliphatic heterocycles. The molecule has 0 saturated heterocycles. The number of aliphatic hydroxyl groups excluding tert-OH is 2. The van der Waals surface area contributed by atoms with Gasteiger partial charge in [0.2, 0.25) is 0 Å². The van der Waals surface area contributed by atoms with Gasteiger partial charge in [0, 0.05) is 35.6 Å². The van der Waals surface area contributed by atoms with Crippen molar-refractivity contribution in [3.63, 3.8) is 0 Å². The summed E-state index contributed by atoms with van der Waals surface area (Å²) in [5.41, 5.74) is 4.60. The fraction of sp³-hybridized carbons (Fsp3) is 0.222. The van der Waals surface area contributed by atoms with Crippen molar-refractivity contribution in [2.45, 2.75) is 38.0 Å². The molecular formula is C27H27N3O4. The predicted octanol–water partition coefficient (Wildman–Crippen LogP) is 4.26. The van der Waals surface area contributed by atoms with Crippen LogP contribution in [0.4, 0.5) is 0 Å². The zero-order chi connectivity index (χ0) is 23.9. The summed E-state index contributed by atoms with van der Waals surface area (Å²) in [5, 5.41) is 29.4. The minimum Gasteiger partial charge on any atom is -0.481 e. The Labute approximate surface area is 198 Å². The van der Waals surface area contributed by atoms with Gasteiger partial charge in [-0.15, -0.1) is 0 Å². The van der Waals surface area contributed by atoms with Crippen molar-refractivity contribution in [3.05, 3.63) is 85.2 Å². The molecule has 2 aromatic carbocycles. The maximum Gasteiger partial charge on any atom is 0.305 e. The smallest absolute Gasteiger partial charge is 0.305 e. The van der Waals surface area contributed by atoms with Gasteiger partial charge in [0.25, 0.3) is 0 Å². The van der Waals surface area contributed by atoms with Gasteiger partial charge in [-0.2, -0.15) is 0 Å². The van der Waals surface area contributed by atoms with E-state index in [0.717, 1.165) is 33.9 Å². The first-order chi connectivity index (χ1) is 16.5. The lowest BCUT2D eigenvalue weighted by atomic mass is 10.0. The second-order valence-corrected chi connectivity index (χ2v) is 8.18. The molecule has 7 heteroatoms. The van der Waals surface area contributed by atoms with E-state index in [1.165, 1.54) is 0 Å². The van der Waals surface area contributed by atoms with Gasteiger partial charge in [-0.05, 0) is 25.0 Å². The number of aliphatic hydroxyl groups is 2. The number of aliphatic carboxylic acids is 1. The number of rotatable bonds is 10. The molecule has 2 unspecified atom stereocenters. The SMILES string of the molecule is O=C(O)CC(O)CC(O)CCn1c(-c2ccccc2)nc(-c2ccncc2)c1-c1ccccc1. The van der Waals surface area contributed by atoms with Crippen LogP contribution in [-0.2, 0) is 11.3 Å². The summed E-state index contributed by atoms with van der Waals surface area (Å²) in [6.45, 7) is 0.438. The van der Waals surface area contributed by atoms with Gasteiger partial charge in [0.05, 0.1) is 30.0 Å². The molecule has 0 radical (unpaired) electrons. The molecular weight excluding hydrogens is 430 g/mol. The molecule has 0 aliphatic carbocycles. The third-order valence-corrected chi connectivity index (χ3v) is 5.64. The van der Waals surface area contributed by atoms with Crippen LogP contribution in [-0.4, -0.2) is 48.0 Å². The maximum absolute atomic E-state index is 10.9. The summed E-state index contributed by atoms with van der Waals surface area (Å²) in [7, 11) is 0. The summed E-state index contributed by atoms with van der Waals surface area (Å²) in [4.78, 5) is 20.0. The molecule has 0 bridgehead atoms. The van der Waals surface area contributed by atoms with Crippen LogP contribution < -0.4 is 0 Å². The number of aromatic nitrogens is 3. The van der Waals surface area contributed by atoms with E-state index in [1.54, 1.807) is 12.4 Å². The van der Waals surface area contributed by atoms with E-state index < -0.39 is 24.6 Å². The van der Waals surface area contributed by atoms with Crippen LogP contribution in [0.2, 0.25) is 0 Å². The number of carboxylic acids is 1. The Balaban J connectivity index is 1.76. The Kier molecular flexibility index (Phi) is 7.47. The van der Waals surface area contributed by atoms with Crippen LogP contribution >= 0.6 is 0 Å². The van der Waals surface area contributed by atoms with E-state index in [4.69, 9.17) is 10.1 Å². The normalized spacial score (nSPS) is 12.9. The lowest BCUT2D eigenvalue weighted by Gasteiger charge is -2.17. The van der Waals surface area contributed by atoms with Crippen LogP contribution in [0.1, 0.15) is 19.3 Å². The van der Waals surface area contributed by atoms with E-state index in [1.807, 2.05) is 72.8 Å². The number of imidazole rings is 1. The number of carboxylic acid groups (broad SMARTS) is 1. The van der Waals surface area contributed by atoms with E-state index >= 15 is 0 Å². The largest absolute Gasteiger partial charge is 0.481 e. The van der Waals surface area contributed by atoms with Crippen LogP contribution in [0.3, 0.4) is 0 Å². The first kappa shape index (κ1) is 23.4. The predicted molar refractivity (Wildman–Crippen MR) is 130 cm³/mol. The highest BCUT2D eigenvalue weighted by molar-refractivity contribution is 5.82. The van der Waals surface area contributed by atoms with Crippen molar-refractivity contribution in [1.82, 2.24) is 14.5 Å². The van der Waals surface area contributed by atoms with E-state index in [0.29, 0.717) is 13.0 Å². The summed E-state index contributed by atoms with van der Waals surface area (Å²) in [6, 6.07) is 23.7. The quantitative estimate of drug-likeness (QED) is 0.328.